The first-order valence-corrected chi connectivity index (χ1v) is 15.6. The lowest BCUT2D eigenvalue weighted by atomic mass is 10.1. The van der Waals surface area contributed by atoms with Gasteiger partial charge >= 0.3 is 0 Å². The van der Waals surface area contributed by atoms with E-state index in [0.717, 1.165) is 19.9 Å². The molecule has 0 bridgehead atoms. The second-order valence-corrected chi connectivity index (χ2v) is 13.7. The molecule has 3 rings (SSSR count). The summed E-state index contributed by atoms with van der Waals surface area (Å²) in [6, 6.07) is 17.6. The van der Waals surface area contributed by atoms with Crippen LogP contribution in [0.3, 0.4) is 0 Å². The van der Waals surface area contributed by atoms with Crippen LogP contribution in [-0.4, -0.2) is 57.5 Å². The molecule has 1 N–H and O–H groups in total. The molecule has 0 aliphatic heterocycles. The highest BCUT2D eigenvalue weighted by atomic mass is 79.9. The van der Waals surface area contributed by atoms with E-state index in [2.05, 4.69) is 21.2 Å². The quantitative estimate of drug-likeness (QED) is 0.299. The molecule has 0 fully saturated rings. The second-order valence-electron chi connectivity index (χ2n) is 10.9. The van der Waals surface area contributed by atoms with Crippen molar-refractivity contribution in [2.24, 2.45) is 0 Å². The van der Waals surface area contributed by atoms with E-state index in [0.29, 0.717) is 11.4 Å². The van der Waals surface area contributed by atoms with Crippen molar-refractivity contribution in [3.05, 3.63) is 82.3 Å². The predicted molar refractivity (Wildman–Crippen MR) is 167 cm³/mol. The number of hydrogen-bond donors (Lipinski definition) is 1. The molecule has 226 valence electrons. The van der Waals surface area contributed by atoms with Crippen molar-refractivity contribution in [3.63, 3.8) is 0 Å². The third-order valence-electron chi connectivity index (χ3n) is 6.48. The molecule has 0 heterocycles. The van der Waals surface area contributed by atoms with Gasteiger partial charge in [0.1, 0.15) is 12.6 Å². The molecular formula is C31H38BrN3O6S. The number of nitrogens with one attached hydrogen (secondary N) is 1. The smallest absolute Gasteiger partial charge is 0.264 e. The van der Waals surface area contributed by atoms with Gasteiger partial charge in [-0.15, -0.1) is 0 Å². The van der Waals surface area contributed by atoms with Gasteiger partial charge in [0.15, 0.2) is 11.5 Å². The van der Waals surface area contributed by atoms with Crippen molar-refractivity contribution in [1.82, 2.24) is 10.2 Å². The van der Waals surface area contributed by atoms with Crippen molar-refractivity contribution in [3.8, 4) is 11.5 Å². The molecule has 3 aromatic rings. The molecule has 0 saturated heterocycles. The van der Waals surface area contributed by atoms with Gasteiger partial charge in [0.2, 0.25) is 11.8 Å². The Morgan fingerprint density at radius 3 is 2.07 bits per heavy atom. The third-order valence-corrected chi connectivity index (χ3v) is 8.77. The molecule has 1 unspecified atom stereocenters. The van der Waals surface area contributed by atoms with Crippen LogP contribution >= 0.6 is 15.9 Å². The number of benzene rings is 3. The zero-order valence-corrected chi connectivity index (χ0v) is 27.4. The maximum absolute atomic E-state index is 14.1. The summed E-state index contributed by atoms with van der Waals surface area (Å²) in [5, 5.41) is 2.92. The Hall–Kier alpha value is -3.57. The molecule has 0 aliphatic rings. The van der Waals surface area contributed by atoms with Crippen molar-refractivity contribution >= 4 is 43.5 Å². The fraction of sp³-hybridized carbons (Fsp3) is 0.355. The van der Waals surface area contributed by atoms with Crippen LogP contribution in [0.15, 0.2) is 76.1 Å². The lowest BCUT2D eigenvalue weighted by Gasteiger charge is -2.33. The minimum atomic E-state index is -4.26. The Morgan fingerprint density at radius 1 is 0.929 bits per heavy atom. The summed E-state index contributed by atoms with van der Waals surface area (Å²) in [6.45, 7) is 8.65. The van der Waals surface area contributed by atoms with Gasteiger partial charge < -0.3 is 19.7 Å². The van der Waals surface area contributed by atoms with Gasteiger partial charge in [-0.1, -0.05) is 45.8 Å². The second kappa shape index (κ2) is 13.6. The molecule has 0 spiro atoms. The lowest BCUT2D eigenvalue weighted by Crippen LogP contribution is -2.54. The summed E-state index contributed by atoms with van der Waals surface area (Å²) >= 11 is 3.42. The number of hydrogen-bond acceptors (Lipinski definition) is 6. The molecule has 0 radical (unpaired) electrons. The number of rotatable bonds is 11. The number of aryl methyl sites for hydroxylation is 1. The monoisotopic (exact) mass is 659 g/mol. The summed E-state index contributed by atoms with van der Waals surface area (Å²) in [7, 11) is -1.39. The zero-order valence-electron chi connectivity index (χ0n) is 25.0. The Balaban J connectivity index is 2.07. The number of ether oxygens (including phenoxy) is 2. The van der Waals surface area contributed by atoms with Crippen molar-refractivity contribution in [1.29, 1.82) is 0 Å². The van der Waals surface area contributed by atoms with E-state index in [1.165, 1.54) is 37.3 Å². The van der Waals surface area contributed by atoms with E-state index in [9.17, 15) is 18.0 Å². The average molecular weight is 661 g/mol. The van der Waals surface area contributed by atoms with E-state index >= 15 is 0 Å². The van der Waals surface area contributed by atoms with Gasteiger partial charge in [-0.25, -0.2) is 8.42 Å². The number of sulfonamides is 1. The van der Waals surface area contributed by atoms with Gasteiger partial charge in [-0.05, 0) is 76.6 Å². The Kier molecular flexibility index (Phi) is 10.7. The SMILES string of the molecule is COc1ccc(S(=O)(=O)N(CC(=O)N(Cc2ccc(Br)cc2)C(C)C(=O)NC(C)(C)C)c2ccc(C)cc2)cc1OC. The zero-order chi connectivity index (χ0) is 31.2. The Morgan fingerprint density at radius 2 is 1.52 bits per heavy atom. The topological polar surface area (TPSA) is 105 Å². The molecule has 42 heavy (non-hydrogen) atoms. The maximum atomic E-state index is 14.1. The van der Waals surface area contributed by atoms with E-state index < -0.39 is 34.1 Å². The first-order valence-electron chi connectivity index (χ1n) is 13.3. The number of methoxy groups -OCH3 is 2. The third kappa shape index (κ3) is 8.25. The van der Waals surface area contributed by atoms with Gasteiger partial charge in [0.25, 0.3) is 10.0 Å². The molecular weight excluding hydrogens is 622 g/mol. The number of halogens is 1. The molecule has 0 saturated carbocycles. The molecule has 3 aromatic carbocycles. The summed E-state index contributed by atoms with van der Waals surface area (Å²) in [5.41, 5.74) is 1.49. The standard InChI is InChI=1S/C31H38BrN3O6S/c1-21-8-14-25(15-9-21)35(42(38,39)26-16-17-27(40-6)28(18-26)41-7)20-29(36)34(19-23-10-12-24(32)13-11-23)22(2)30(37)33-31(3,4)5/h8-18,22H,19-20H2,1-7H3,(H,33,37). The van der Waals surface area contributed by atoms with Gasteiger partial charge in [0, 0.05) is 22.6 Å². The van der Waals surface area contributed by atoms with Crippen LogP contribution in [0.25, 0.3) is 0 Å². The van der Waals surface area contributed by atoms with Gasteiger partial charge in [-0.2, -0.15) is 0 Å². The van der Waals surface area contributed by atoms with E-state index in [1.54, 1.807) is 31.2 Å². The van der Waals surface area contributed by atoms with Crippen LogP contribution in [0, 0.1) is 6.92 Å². The number of carbonyl (C=O) groups excluding carboxylic acids is 2. The highest BCUT2D eigenvalue weighted by Gasteiger charge is 2.33. The summed E-state index contributed by atoms with van der Waals surface area (Å²) in [6.07, 6.45) is 0. The molecule has 11 heteroatoms. The van der Waals surface area contributed by atoms with Crippen LogP contribution in [0.5, 0.6) is 11.5 Å². The fourth-order valence-electron chi connectivity index (χ4n) is 4.19. The van der Waals surface area contributed by atoms with E-state index in [1.807, 2.05) is 52.0 Å². The summed E-state index contributed by atoms with van der Waals surface area (Å²) in [5.74, 6) is -0.288. The Bertz CT molecular complexity index is 1500. The first kappa shape index (κ1) is 32.9. The highest BCUT2D eigenvalue weighted by molar-refractivity contribution is 9.10. The predicted octanol–water partition coefficient (Wildman–Crippen LogP) is 5.30. The number of carbonyl (C=O) groups is 2. The average Bonchev–Trinajstić information content (AvgIpc) is 2.94. The fourth-order valence-corrected chi connectivity index (χ4v) is 5.88. The molecule has 0 aliphatic carbocycles. The van der Waals surface area contributed by atoms with Gasteiger partial charge in [0.05, 0.1) is 24.8 Å². The van der Waals surface area contributed by atoms with E-state index in [-0.39, 0.29) is 23.1 Å². The highest BCUT2D eigenvalue weighted by Crippen LogP contribution is 2.32. The molecule has 9 nitrogen and oxygen atoms in total. The summed E-state index contributed by atoms with van der Waals surface area (Å²) < 4.78 is 40.7. The van der Waals surface area contributed by atoms with Crippen LogP contribution < -0.4 is 19.1 Å². The summed E-state index contributed by atoms with van der Waals surface area (Å²) in [4.78, 5) is 28.6. The van der Waals surface area contributed by atoms with Crippen LogP contribution in [-0.2, 0) is 26.2 Å². The maximum Gasteiger partial charge on any atom is 0.264 e. The Labute approximate surface area is 257 Å². The molecule has 2 amide bonds. The number of nitrogens with zero attached hydrogens (tertiary/aromatic N) is 2. The minimum Gasteiger partial charge on any atom is -0.493 e. The minimum absolute atomic E-state index is 0.0773. The van der Waals surface area contributed by atoms with Crippen LogP contribution in [0.2, 0.25) is 0 Å². The van der Waals surface area contributed by atoms with E-state index in [4.69, 9.17) is 9.47 Å². The van der Waals surface area contributed by atoms with Gasteiger partial charge in [-0.3, -0.25) is 13.9 Å². The van der Waals surface area contributed by atoms with Crippen molar-refractivity contribution in [2.75, 3.05) is 25.1 Å². The molecule has 0 aromatic heterocycles. The van der Waals surface area contributed by atoms with Crippen LogP contribution in [0.4, 0.5) is 5.69 Å². The van der Waals surface area contributed by atoms with Crippen molar-refractivity contribution in [2.45, 2.75) is 57.6 Å². The normalized spacial score (nSPS) is 12.3. The largest absolute Gasteiger partial charge is 0.493 e. The lowest BCUT2D eigenvalue weighted by molar-refractivity contribution is -0.140. The van der Waals surface area contributed by atoms with Crippen LogP contribution in [0.1, 0.15) is 38.8 Å². The van der Waals surface area contributed by atoms with Crippen molar-refractivity contribution < 1.29 is 27.5 Å². The first-order chi connectivity index (χ1) is 19.7. The number of anilines is 1. The number of amides is 2. The molecule has 1 atom stereocenters.